The van der Waals surface area contributed by atoms with Gasteiger partial charge >= 0.3 is 0 Å². The highest BCUT2D eigenvalue weighted by atomic mass is 32.2. The van der Waals surface area contributed by atoms with Gasteiger partial charge in [0.05, 0.1) is 4.90 Å². The molecular formula is C15H26N2O2S2. The third-order valence-corrected chi connectivity index (χ3v) is 5.66. The van der Waals surface area contributed by atoms with Crippen molar-refractivity contribution in [3.05, 3.63) is 29.3 Å². The molecule has 0 aromatic heterocycles. The van der Waals surface area contributed by atoms with E-state index in [0.717, 1.165) is 23.4 Å². The van der Waals surface area contributed by atoms with E-state index in [4.69, 9.17) is 0 Å². The average molecular weight is 331 g/mol. The first-order chi connectivity index (χ1) is 9.90. The van der Waals surface area contributed by atoms with Crippen molar-refractivity contribution >= 4 is 21.8 Å². The molecule has 1 aromatic carbocycles. The molecule has 0 aliphatic heterocycles. The van der Waals surface area contributed by atoms with Crippen LogP contribution in [0, 0.1) is 12.8 Å². The van der Waals surface area contributed by atoms with E-state index in [-0.39, 0.29) is 0 Å². The van der Waals surface area contributed by atoms with Crippen LogP contribution in [0.4, 0.5) is 0 Å². The highest BCUT2D eigenvalue weighted by Gasteiger charge is 2.18. The van der Waals surface area contributed by atoms with Gasteiger partial charge in [-0.05, 0) is 48.6 Å². The Labute approximate surface area is 133 Å². The van der Waals surface area contributed by atoms with Gasteiger partial charge in [0.1, 0.15) is 0 Å². The maximum absolute atomic E-state index is 12.4. The van der Waals surface area contributed by atoms with Gasteiger partial charge in [0.15, 0.2) is 0 Å². The summed E-state index contributed by atoms with van der Waals surface area (Å²) >= 11 is 1.73. The van der Waals surface area contributed by atoms with Gasteiger partial charge in [0.2, 0.25) is 10.0 Å². The average Bonchev–Trinajstić information content (AvgIpc) is 2.44. The predicted molar refractivity (Wildman–Crippen MR) is 91.3 cm³/mol. The molecule has 0 aliphatic rings. The second-order valence-electron chi connectivity index (χ2n) is 5.29. The summed E-state index contributed by atoms with van der Waals surface area (Å²) in [7, 11) is -3.44. The van der Waals surface area contributed by atoms with Crippen molar-refractivity contribution in [1.29, 1.82) is 0 Å². The van der Waals surface area contributed by atoms with Crippen LogP contribution in [0.1, 0.15) is 25.0 Å². The second kappa shape index (κ2) is 8.78. The molecule has 4 nitrogen and oxygen atoms in total. The minimum absolute atomic E-state index is 0.319. The molecule has 0 saturated heterocycles. The lowest BCUT2D eigenvalue weighted by Crippen LogP contribution is -2.30. The Morgan fingerprint density at radius 3 is 2.67 bits per heavy atom. The predicted octanol–water partition coefficient (Wildman–Crippen LogP) is 2.38. The van der Waals surface area contributed by atoms with Crippen molar-refractivity contribution in [2.24, 2.45) is 5.92 Å². The number of thioether (sulfide) groups is 1. The van der Waals surface area contributed by atoms with E-state index in [1.807, 2.05) is 39.2 Å². The number of nitrogens with one attached hydrogen (secondary N) is 2. The molecule has 120 valence electrons. The quantitative estimate of drug-likeness (QED) is 0.730. The molecule has 1 rings (SSSR count). The second-order valence-corrected chi connectivity index (χ2v) is 7.94. The molecule has 6 heteroatoms. The van der Waals surface area contributed by atoms with Crippen LogP contribution in [0.15, 0.2) is 23.1 Å². The summed E-state index contributed by atoms with van der Waals surface area (Å²) in [6.45, 7) is 7.92. The maximum atomic E-state index is 12.4. The lowest BCUT2D eigenvalue weighted by molar-refractivity contribution is 0.562. The Balaban J connectivity index is 2.86. The number of rotatable bonds is 9. The van der Waals surface area contributed by atoms with E-state index in [9.17, 15) is 8.42 Å². The van der Waals surface area contributed by atoms with Crippen LogP contribution in [0.3, 0.4) is 0 Å². The fraction of sp³-hybridized carbons (Fsp3) is 0.600. The van der Waals surface area contributed by atoms with Gasteiger partial charge in [-0.2, -0.15) is 11.8 Å². The number of benzene rings is 1. The zero-order valence-corrected chi connectivity index (χ0v) is 14.9. The van der Waals surface area contributed by atoms with E-state index < -0.39 is 10.0 Å². The molecule has 0 heterocycles. The lowest BCUT2D eigenvalue weighted by Gasteiger charge is -2.14. The van der Waals surface area contributed by atoms with E-state index in [0.29, 0.717) is 23.9 Å². The SMILES string of the molecule is CCNCc1ccc(C)c(S(=O)(=O)NCC(C)CSC)c1. The highest BCUT2D eigenvalue weighted by molar-refractivity contribution is 7.98. The summed E-state index contributed by atoms with van der Waals surface area (Å²) in [4.78, 5) is 0.384. The summed E-state index contributed by atoms with van der Waals surface area (Å²) in [5.41, 5.74) is 1.76. The Kier molecular flexibility index (Phi) is 7.73. The summed E-state index contributed by atoms with van der Waals surface area (Å²) < 4.78 is 27.6. The van der Waals surface area contributed by atoms with Crippen molar-refractivity contribution < 1.29 is 8.42 Å². The standard InChI is InChI=1S/C15H26N2O2S2/c1-5-16-10-14-7-6-13(3)15(8-14)21(18,19)17-9-12(2)11-20-4/h6-8,12,16-17H,5,9-11H2,1-4H3. The number of aryl methyl sites for hydroxylation is 1. The van der Waals surface area contributed by atoms with Crippen molar-refractivity contribution in [2.75, 3.05) is 25.1 Å². The number of hydrogen-bond acceptors (Lipinski definition) is 4. The van der Waals surface area contributed by atoms with Crippen LogP contribution in [-0.2, 0) is 16.6 Å². The number of hydrogen-bond donors (Lipinski definition) is 2. The van der Waals surface area contributed by atoms with Gasteiger partial charge in [-0.3, -0.25) is 0 Å². The van der Waals surface area contributed by atoms with E-state index in [2.05, 4.69) is 10.0 Å². The highest BCUT2D eigenvalue weighted by Crippen LogP contribution is 2.17. The monoisotopic (exact) mass is 330 g/mol. The maximum Gasteiger partial charge on any atom is 0.240 e. The minimum atomic E-state index is -3.44. The van der Waals surface area contributed by atoms with Crippen molar-refractivity contribution in [3.63, 3.8) is 0 Å². The third-order valence-electron chi connectivity index (χ3n) is 3.19. The zero-order valence-electron chi connectivity index (χ0n) is 13.3. The molecule has 0 bridgehead atoms. The van der Waals surface area contributed by atoms with Gasteiger partial charge in [0, 0.05) is 13.1 Å². The smallest absolute Gasteiger partial charge is 0.240 e. The van der Waals surface area contributed by atoms with Crippen LogP contribution in [-0.4, -0.2) is 33.5 Å². The molecule has 0 fully saturated rings. The topological polar surface area (TPSA) is 58.2 Å². The largest absolute Gasteiger partial charge is 0.313 e. The Morgan fingerprint density at radius 2 is 2.05 bits per heavy atom. The lowest BCUT2D eigenvalue weighted by atomic mass is 10.1. The Bertz CT molecular complexity index is 545. The first kappa shape index (κ1) is 18.5. The van der Waals surface area contributed by atoms with Crippen molar-refractivity contribution in [2.45, 2.75) is 32.2 Å². The van der Waals surface area contributed by atoms with Crippen LogP contribution in [0.5, 0.6) is 0 Å². The minimum Gasteiger partial charge on any atom is -0.313 e. The molecule has 21 heavy (non-hydrogen) atoms. The summed E-state index contributed by atoms with van der Waals surface area (Å²) in [5.74, 6) is 1.27. The molecule has 0 radical (unpaired) electrons. The first-order valence-corrected chi connectivity index (χ1v) is 10.1. The van der Waals surface area contributed by atoms with Gasteiger partial charge < -0.3 is 5.32 Å². The van der Waals surface area contributed by atoms with E-state index in [1.54, 1.807) is 17.8 Å². The fourth-order valence-corrected chi connectivity index (χ4v) is 4.13. The van der Waals surface area contributed by atoms with E-state index >= 15 is 0 Å². The Morgan fingerprint density at radius 1 is 1.33 bits per heavy atom. The molecular weight excluding hydrogens is 304 g/mol. The molecule has 0 amide bonds. The van der Waals surface area contributed by atoms with Gasteiger partial charge in [-0.25, -0.2) is 13.1 Å². The fourth-order valence-electron chi connectivity index (χ4n) is 1.99. The summed E-state index contributed by atoms with van der Waals surface area (Å²) in [6, 6.07) is 5.60. The summed E-state index contributed by atoms with van der Waals surface area (Å²) in [5, 5.41) is 3.21. The van der Waals surface area contributed by atoms with Gasteiger partial charge in [-0.1, -0.05) is 26.0 Å². The zero-order chi connectivity index (χ0) is 15.9. The number of sulfonamides is 1. The van der Waals surface area contributed by atoms with Crippen molar-refractivity contribution in [1.82, 2.24) is 10.0 Å². The summed E-state index contributed by atoms with van der Waals surface area (Å²) in [6.07, 6.45) is 2.03. The van der Waals surface area contributed by atoms with Crippen LogP contribution in [0.25, 0.3) is 0 Å². The van der Waals surface area contributed by atoms with Gasteiger partial charge in [-0.15, -0.1) is 0 Å². The molecule has 1 unspecified atom stereocenters. The molecule has 0 saturated carbocycles. The van der Waals surface area contributed by atoms with Crippen LogP contribution in [0.2, 0.25) is 0 Å². The molecule has 1 atom stereocenters. The Hall–Kier alpha value is -0.560. The van der Waals surface area contributed by atoms with Crippen LogP contribution >= 0.6 is 11.8 Å². The molecule has 1 aromatic rings. The third kappa shape index (κ3) is 5.98. The van der Waals surface area contributed by atoms with E-state index in [1.165, 1.54) is 0 Å². The normalized spacial score (nSPS) is 13.3. The molecule has 2 N–H and O–H groups in total. The van der Waals surface area contributed by atoms with Crippen LogP contribution < -0.4 is 10.0 Å². The molecule has 0 spiro atoms. The van der Waals surface area contributed by atoms with Crippen molar-refractivity contribution in [3.8, 4) is 0 Å². The molecule has 0 aliphatic carbocycles. The first-order valence-electron chi connectivity index (χ1n) is 7.19. The van der Waals surface area contributed by atoms with Gasteiger partial charge in [0.25, 0.3) is 0 Å².